The van der Waals surface area contributed by atoms with E-state index in [1.165, 1.54) is 65.0 Å². The van der Waals surface area contributed by atoms with E-state index in [2.05, 4.69) is 89.1 Å². The highest BCUT2D eigenvalue weighted by Crippen LogP contribution is 2.18. The minimum Gasteiger partial charge on any atom is -0.303 e. The summed E-state index contributed by atoms with van der Waals surface area (Å²) in [5.74, 6) is 1.66. The third-order valence-electron chi connectivity index (χ3n) is 7.22. The molecule has 4 nitrogen and oxygen atoms in total. The van der Waals surface area contributed by atoms with Crippen LogP contribution in [0.5, 0.6) is 0 Å². The summed E-state index contributed by atoms with van der Waals surface area (Å²) in [7, 11) is 4.57. The molecule has 0 atom stereocenters. The number of likely N-dealkylation sites (tertiary alicyclic amines) is 2. The lowest BCUT2D eigenvalue weighted by atomic mass is 10.0. The number of likely N-dealkylation sites (N-methyl/N-ethyl adjacent to an activating group) is 1. The molecule has 0 aromatic carbocycles. The first-order chi connectivity index (χ1) is 14.0. The fraction of sp³-hybridized carbons (Fsp3) is 1.00. The number of rotatable bonds is 10. The summed E-state index contributed by atoms with van der Waals surface area (Å²) in [5, 5.41) is 0. The minimum absolute atomic E-state index is 0.724. The number of hydrogen-bond donors (Lipinski definition) is 0. The Labute approximate surface area is 190 Å². The summed E-state index contributed by atoms with van der Waals surface area (Å²) in [5.41, 5.74) is 0. The Morgan fingerprint density at radius 1 is 0.633 bits per heavy atom. The van der Waals surface area contributed by atoms with Crippen LogP contribution < -0.4 is 0 Å². The van der Waals surface area contributed by atoms with Crippen LogP contribution in [0, 0.1) is 11.8 Å². The molecule has 2 heterocycles. The van der Waals surface area contributed by atoms with E-state index in [1.807, 2.05) is 0 Å². The Morgan fingerprint density at radius 3 is 1.40 bits per heavy atom. The highest BCUT2D eigenvalue weighted by molar-refractivity contribution is 4.88. The molecule has 2 saturated heterocycles. The van der Waals surface area contributed by atoms with Crippen molar-refractivity contribution in [1.29, 1.82) is 0 Å². The van der Waals surface area contributed by atoms with E-state index in [9.17, 15) is 0 Å². The first-order valence-electron chi connectivity index (χ1n) is 12.9. The quantitative estimate of drug-likeness (QED) is 0.495. The molecule has 2 rings (SSSR count). The number of piperidine rings is 1. The van der Waals surface area contributed by atoms with E-state index in [1.54, 1.807) is 0 Å². The van der Waals surface area contributed by atoms with Gasteiger partial charge >= 0.3 is 0 Å². The molecule has 0 aromatic heterocycles. The zero-order chi connectivity index (χ0) is 22.8. The first-order valence-corrected chi connectivity index (χ1v) is 12.9. The Hall–Kier alpha value is -0.160. The van der Waals surface area contributed by atoms with Crippen LogP contribution >= 0.6 is 0 Å². The summed E-state index contributed by atoms with van der Waals surface area (Å²) in [6.07, 6.45) is 5.37. The summed E-state index contributed by atoms with van der Waals surface area (Å²) < 4.78 is 0. The van der Waals surface area contributed by atoms with Gasteiger partial charge in [0.2, 0.25) is 0 Å². The van der Waals surface area contributed by atoms with Crippen LogP contribution in [0.1, 0.15) is 81.1 Å². The molecule has 0 aliphatic carbocycles. The van der Waals surface area contributed by atoms with E-state index in [4.69, 9.17) is 0 Å². The lowest BCUT2D eigenvalue weighted by Crippen LogP contribution is -2.60. The topological polar surface area (TPSA) is 13.0 Å². The van der Waals surface area contributed by atoms with E-state index in [0.717, 1.165) is 36.0 Å². The summed E-state index contributed by atoms with van der Waals surface area (Å²) in [6, 6.07) is 3.09. The van der Waals surface area contributed by atoms with E-state index in [0.29, 0.717) is 0 Å². The van der Waals surface area contributed by atoms with Crippen molar-refractivity contribution in [3.8, 4) is 0 Å². The third kappa shape index (κ3) is 10.4. The largest absolute Gasteiger partial charge is 0.303 e. The van der Waals surface area contributed by atoms with Crippen molar-refractivity contribution in [2.45, 2.75) is 105 Å². The van der Waals surface area contributed by atoms with Crippen LogP contribution in [0.25, 0.3) is 0 Å². The molecule has 0 unspecified atom stereocenters. The molecule has 0 amide bonds. The maximum absolute atomic E-state index is 2.60. The smallest absolute Gasteiger partial charge is 0.0347 e. The molecule has 2 fully saturated rings. The second-order valence-electron chi connectivity index (χ2n) is 11.4. The molecule has 2 aliphatic heterocycles. The van der Waals surface area contributed by atoms with E-state index < -0.39 is 0 Å². The molecule has 4 heteroatoms. The van der Waals surface area contributed by atoms with Crippen molar-refractivity contribution < 1.29 is 0 Å². The third-order valence-corrected chi connectivity index (χ3v) is 7.22. The van der Waals surface area contributed by atoms with Crippen LogP contribution in [0.4, 0.5) is 0 Å². The molecule has 30 heavy (non-hydrogen) atoms. The molecular formula is C26H56N4. The molecule has 0 radical (unpaired) electrons. The van der Waals surface area contributed by atoms with Gasteiger partial charge in [0.25, 0.3) is 0 Å². The first kappa shape index (κ1) is 27.9. The van der Waals surface area contributed by atoms with Crippen molar-refractivity contribution in [3.63, 3.8) is 0 Å². The van der Waals surface area contributed by atoms with Crippen molar-refractivity contribution in [2.75, 3.05) is 53.4 Å². The fourth-order valence-electron chi connectivity index (χ4n) is 4.32. The van der Waals surface area contributed by atoms with E-state index >= 15 is 0 Å². The maximum Gasteiger partial charge on any atom is 0.0347 e. The Bertz CT molecular complexity index is 418. The second-order valence-corrected chi connectivity index (χ2v) is 11.4. The van der Waals surface area contributed by atoms with Gasteiger partial charge in [-0.05, 0) is 105 Å². The molecule has 0 aromatic rings. The standard InChI is InChI=1S/C14H30N2.C12H26N2/c1-12(2)6-9-15(5)14-7-10-16(11-8-14)13(3)4;1-10(2)6-7-13(5)12-8-14(9-12)11(3)4/h12-14H,6-11H2,1-5H3;10-12H,6-9H2,1-5H3. The van der Waals surface area contributed by atoms with Gasteiger partial charge in [-0.1, -0.05) is 27.7 Å². The summed E-state index contributed by atoms with van der Waals surface area (Å²) in [6.45, 7) is 26.0. The van der Waals surface area contributed by atoms with Crippen LogP contribution in [0.2, 0.25) is 0 Å². The van der Waals surface area contributed by atoms with Gasteiger partial charge in [-0.25, -0.2) is 0 Å². The Balaban J connectivity index is 0.000000303. The van der Waals surface area contributed by atoms with E-state index in [-0.39, 0.29) is 0 Å². The average molecular weight is 425 g/mol. The Kier molecular flexibility index (Phi) is 13.1. The van der Waals surface area contributed by atoms with Crippen LogP contribution in [-0.2, 0) is 0 Å². The van der Waals surface area contributed by atoms with Crippen molar-refractivity contribution in [3.05, 3.63) is 0 Å². The van der Waals surface area contributed by atoms with Crippen LogP contribution in [0.15, 0.2) is 0 Å². The van der Waals surface area contributed by atoms with Crippen molar-refractivity contribution in [2.24, 2.45) is 11.8 Å². The second kappa shape index (κ2) is 14.1. The molecule has 0 spiro atoms. The normalized spacial score (nSPS) is 20.0. The summed E-state index contributed by atoms with van der Waals surface area (Å²) >= 11 is 0. The van der Waals surface area contributed by atoms with Crippen LogP contribution in [0.3, 0.4) is 0 Å². The van der Waals surface area contributed by atoms with Gasteiger partial charge in [-0.3, -0.25) is 4.90 Å². The predicted octanol–water partition coefficient (Wildman–Crippen LogP) is 4.89. The zero-order valence-electron chi connectivity index (χ0n) is 22.3. The number of nitrogens with zero attached hydrogens (tertiary/aromatic N) is 4. The van der Waals surface area contributed by atoms with Gasteiger partial charge in [-0.2, -0.15) is 0 Å². The van der Waals surface area contributed by atoms with Gasteiger partial charge < -0.3 is 14.7 Å². The van der Waals surface area contributed by atoms with Gasteiger partial charge in [-0.15, -0.1) is 0 Å². The maximum atomic E-state index is 2.60. The summed E-state index contributed by atoms with van der Waals surface area (Å²) in [4.78, 5) is 10.2. The highest BCUT2D eigenvalue weighted by Gasteiger charge is 2.30. The zero-order valence-corrected chi connectivity index (χ0v) is 22.3. The van der Waals surface area contributed by atoms with Crippen molar-refractivity contribution in [1.82, 2.24) is 19.6 Å². The van der Waals surface area contributed by atoms with Gasteiger partial charge in [0, 0.05) is 37.3 Å². The molecule has 2 aliphatic rings. The minimum atomic E-state index is 0.724. The fourth-order valence-corrected chi connectivity index (χ4v) is 4.32. The Morgan fingerprint density at radius 2 is 1.03 bits per heavy atom. The van der Waals surface area contributed by atoms with Gasteiger partial charge in [0.1, 0.15) is 0 Å². The predicted molar refractivity (Wildman–Crippen MR) is 134 cm³/mol. The lowest BCUT2D eigenvalue weighted by molar-refractivity contribution is 0.0253. The molecule has 180 valence electrons. The van der Waals surface area contributed by atoms with Crippen molar-refractivity contribution >= 4 is 0 Å². The SMILES string of the molecule is CC(C)CCN(C)C1CCN(C(C)C)CC1.CC(C)CCN(C)C1CN(C(C)C)C1. The number of hydrogen-bond acceptors (Lipinski definition) is 4. The molecule has 0 saturated carbocycles. The highest BCUT2D eigenvalue weighted by atomic mass is 15.3. The molecular weight excluding hydrogens is 368 g/mol. The molecule has 0 N–H and O–H groups in total. The molecule has 0 bridgehead atoms. The van der Waals surface area contributed by atoms with Gasteiger partial charge in [0.15, 0.2) is 0 Å². The van der Waals surface area contributed by atoms with Crippen LogP contribution in [-0.4, -0.2) is 97.1 Å². The monoisotopic (exact) mass is 424 g/mol. The lowest BCUT2D eigenvalue weighted by Gasteiger charge is -2.46. The average Bonchev–Trinajstić information content (AvgIpc) is 2.63. The van der Waals surface area contributed by atoms with Gasteiger partial charge in [0.05, 0.1) is 0 Å².